The third-order valence-electron chi connectivity index (χ3n) is 3.52. The zero-order chi connectivity index (χ0) is 13.0. The summed E-state index contributed by atoms with van der Waals surface area (Å²) < 4.78 is 0. The summed E-state index contributed by atoms with van der Waals surface area (Å²) in [6.07, 6.45) is 2.88. The fourth-order valence-electron chi connectivity index (χ4n) is 2.17. The predicted octanol–water partition coefficient (Wildman–Crippen LogP) is 2.86. The molecule has 0 aliphatic heterocycles. The largest absolute Gasteiger partial charge is 0.481 e. The quantitative estimate of drug-likeness (QED) is 0.805. The van der Waals surface area contributed by atoms with E-state index >= 15 is 0 Å². The number of carbonyl (C=O) groups is 1. The molecule has 0 radical (unpaired) electrons. The lowest BCUT2D eigenvalue weighted by atomic mass is 10.1. The molecular weight excluding hydrogens is 226 g/mol. The highest BCUT2D eigenvalue weighted by atomic mass is 16.4. The van der Waals surface area contributed by atoms with Gasteiger partial charge >= 0.3 is 5.97 Å². The normalized spacial score (nSPS) is 15.0. The van der Waals surface area contributed by atoms with Crippen molar-refractivity contribution in [2.24, 2.45) is 0 Å². The van der Waals surface area contributed by atoms with Gasteiger partial charge in [-0.25, -0.2) is 0 Å². The van der Waals surface area contributed by atoms with Gasteiger partial charge in [0.15, 0.2) is 0 Å². The summed E-state index contributed by atoms with van der Waals surface area (Å²) in [5, 5.41) is 8.70. The number of nitrogens with zero attached hydrogens (tertiary/aromatic N) is 1. The van der Waals surface area contributed by atoms with E-state index < -0.39 is 5.97 Å². The molecule has 0 heterocycles. The maximum Gasteiger partial charge on any atom is 0.304 e. The fourth-order valence-corrected chi connectivity index (χ4v) is 2.17. The van der Waals surface area contributed by atoms with Crippen molar-refractivity contribution in [2.45, 2.75) is 38.6 Å². The van der Waals surface area contributed by atoms with E-state index in [2.05, 4.69) is 36.1 Å². The molecule has 0 atom stereocenters. The molecule has 1 N–H and O–H groups in total. The zero-order valence-corrected chi connectivity index (χ0v) is 10.9. The van der Waals surface area contributed by atoms with Gasteiger partial charge < -0.3 is 5.11 Å². The van der Waals surface area contributed by atoms with Crippen LogP contribution in [0.25, 0.3) is 0 Å². The number of aliphatic carboxylic acids is 1. The van der Waals surface area contributed by atoms with Crippen molar-refractivity contribution in [3.63, 3.8) is 0 Å². The molecule has 0 unspecified atom stereocenters. The minimum atomic E-state index is -0.725. The lowest BCUT2D eigenvalue weighted by molar-refractivity contribution is -0.137. The summed E-state index contributed by atoms with van der Waals surface area (Å²) in [6.45, 7) is 4.42. The molecule has 0 amide bonds. The molecule has 3 nitrogen and oxygen atoms in total. The molecule has 1 aliphatic carbocycles. The van der Waals surface area contributed by atoms with Crippen LogP contribution in [0.3, 0.4) is 0 Å². The average molecular weight is 247 g/mol. The molecule has 0 bridgehead atoms. The number of carboxylic acids is 1. The molecule has 0 spiro atoms. The molecular formula is C15H21NO2. The lowest BCUT2D eigenvalue weighted by Crippen LogP contribution is -2.25. The van der Waals surface area contributed by atoms with Crippen molar-refractivity contribution < 1.29 is 9.90 Å². The molecule has 18 heavy (non-hydrogen) atoms. The summed E-state index contributed by atoms with van der Waals surface area (Å²) in [7, 11) is 0. The first-order valence-electron chi connectivity index (χ1n) is 6.72. The Kier molecular flexibility index (Phi) is 4.37. The average Bonchev–Trinajstić information content (AvgIpc) is 3.19. The van der Waals surface area contributed by atoms with Crippen molar-refractivity contribution in [1.29, 1.82) is 0 Å². The van der Waals surface area contributed by atoms with E-state index in [1.165, 1.54) is 24.0 Å². The van der Waals surface area contributed by atoms with E-state index in [9.17, 15) is 4.79 Å². The van der Waals surface area contributed by atoms with Gasteiger partial charge in [-0.05, 0) is 36.4 Å². The highest BCUT2D eigenvalue weighted by molar-refractivity contribution is 5.66. The Labute approximate surface area is 108 Å². The molecule has 1 fully saturated rings. The topological polar surface area (TPSA) is 40.5 Å². The molecule has 0 aromatic heterocycles. The van der Waals surface area contributed by atoms with Crippen LogP contribution < -0.4 is 0 Å². The fraction of sp³-hybridized carbons (Fsp3) is 0.533. The smallest absolute Gasteiger partial charge is 0.304 e. The number of hydrogen-bond donors (Lipinski definition) is 1. The van der Waals surface area contributed by atoms with E-state index in [-0.39, 0.29) is 6.42 Å². The third-order valence-corrected chi connectivity index (χ3v) is 3.52. The Bertz CT molecular complexity index is 395. The van der Waals surface area contributed by atoms with Crippen molar-refractivity contribution in [1.82, 2.24) is 4.90 Å². The minimum Gasteiger partial charge on any atom is -0.481 e. The van der Waals surface area contributed by atoms with Crippen LogP contribution in [0, 0.1) is 0 Å². The maximum absolute atomic E-state index is 10.6. The molecule has 1 aromatic rings. The van der Waals surface area contributed by atoms with Gasteiger partial charge in [0.1, 0.15) is 0 Å². The monoisotopic (exact) mass is 247 g/mol. The van der Waals surface area contributed by atoms with Crippen LogP contribution in [0.4, 0.5) is 0 Å². The van der Waals surface area contributed by atoms with Crippen LogP contribution in [0.15, 0.2) is 24.3 Å². The van der Waals surface area contributed by atoms with E-state index in [1.807, 2.05) is 0 Å². The second-order valence-corrected chi connectivity index (χ2v) is 5.03. The molecule has 98 valence electrons. The standard InChI is InChI=1S/C15H21NO2/c1-2-16(10-9-15(17)18)11-12-3-5-13(6-4-12)14-7-8-14/h3-6,14H,2,7-11H2,1H3,(H,17,18). The first-order chi connectivity index (χ1) is 8.69. The van der Waals surface area contributed by atoms with E-state index in [1.54, 1.807) is 0 Å². The molecule has 1 aliphatic rings. The van der Waals surface area contributed by atoms with Gasteiger partial charge in [0.05, 0.1) is 6.42 Å². The van der Waals surface area contributed by atoms with Crippen molar-refractivity contribution >= 4 is 5.97 Å². The SMILES string of the molecule is CCN(CCC(=O)O)Cc1ccc(C2CC2)cc1. The first-order valence-corrected chi connectivity index (χ1v) is 6.72. The Hall–Kier alpha value is -1.35. The number of hydrogen-bond acceptors (Lipinski definition) is 2. The Balaban J connectivity index is 1.87. The number of benzene rings is 1. The van der Waals surface area contributed by atoms with Crippen molar-refractivity contribution in [2.75, 3.05) is 13.1 Å². The van der Waals surface area contributed by atoms with E-state index in [4.69, 9.17) is 5.11 Å². The van der Waals surface area contributed by atoms with Gasteiger partial charge in [0.25, 0.3) is 0 Å². The second kappa shape index (κ2) is 6.01. The summed E-state index contributed by atoms with van der Waals surface area (Å²) in [4.78, 5) is 12.7. The van der Waals surface area contributed by atoms with E-state index in [0.717, 1.165) is 19.0 Å². The third kappa shape index (κ3) is 3.84. The van der Waals surface area contributed by atoms with Crippen LogP contribution in [0.1, 0.15) is 43.2 Å². The van der Waals surface area contributed by atoms with Crippen LogP contribution in [-0.2, 0) is 11.3 Å². The highest BCUT2D eigenvalue weighted by Crippen LogP contribution is 2.39. The Morgan fingerprint density at radius 2 is 2.00 bits per heavy atom. The minimum absolute atomic E-state index is 0.216. The van der Waals surface area contributed by atoms with Gasteiger partial charge in [-0.2, -0.15) is 0 Å². The molecule has 1 aromatic carbocycles. The van der Waals surface area contributed by atoms with Gasteiger partial charge in [-0.1, -0.05) is 31.2 Å². The lowest BCUT2D eigenvalue weighted by Gasteiger charge is -2.19. The molecule has 3 heteroatoms. The van der Waals surface area contributed by atoms with Crippen LogP contribution in [-0.4, -0.2) is 29.1 Å². The first kappa shape index (κ1) is 13.1. The zero-order valence-electron chi connectivity index (χ0n) is 10.9. The van der Waals surface area contributed by atoms with Gasteiger partial charge in [0, 0.05) is 13.1 Å². The Morgan fingerprint density at radius 1 is 1.33 bits per heavy atom. The highest BCUT2D eigenvalue weighted by Gasteiger charge is 2.22. The van der Waals surface area contributed by atoms with Crippen LogP contribution in [0.5, 0.6) is 0 Å². The molecule has 2 rings (SSSR count). The summed E-state index contributed by atoms with van der Waals surface area (Å²) in [6, 6.07) is 8.80. The number of carboxylic acid groups (broad SMARTS) is 1. The van der Waals surface area contributed by atoms with Crippen molar-refractivity contribution in [3.05, 3.63) is 35.4 Å². The summed E-state index contributed by atoms with van der Waals surface area (Å²) >= 11 is 0. The van der Waals surface area contributed by atoms with Gasteiger partial charge in [-0.3, -0.25) is 9.69 Å². The summed E-state index contributed by atoms with van der Waals surface area (Å²) in [5.41, 5.74) is 2.72. The van der Waals surface area contributed by atoms with Crippen LogP contribution >= 0.6 is 0 Å². The van der Waals surface area contributed by atoms with Gasteiger partial charge in [0.2, 0.25) is 0 Å². The molecule has 0 saturated heterocycles. The predicted molar refractivity (Wildman–Crippen MR) is 71.6 cm³/mol. The molecule has 1 saturated carbocycles. The Morgan fingerprint density at radius 3 is 2.50 bits per heavy atom. The van der Waals surface area contributed by atoms with Crippen LogP contribution in [0.2, 0.25) is 0 Å². The summed E-state index contributed by atoms with van der Waals surface area (Å²) in [5.74, 6) is 0.0749. The van der Waals surface area contributed by atoms with Crippen molar-refractivity contribution in [3.8, 4) is 0 Å². The number of rotatable bonds is 7. The van der Waals surface area contributed by atoms with E-state index in [0.29, 0.717) is 6.54 Å². The second-order valence-electron chi connectivity index (χ2n) is 5.03. The van der Waals surface area contributed by atoms with Gasteiger partial charge in [-0.15, -0.1) is 0 Å². The maximum atomic E-state index is 10.6.